The minimum atomic E-state index is -4.96. The zero-order chi connectivity index (χ0) is 37.6. The number of benzene rings is 2. The number of alkyl carbamates (subject to hydrolysis) is 1. The second-order valence-corrected chi connectivity index (χ2v) is 15.9. The van der Waals surface area contributed by atoms with E-state index < -0.39 is 39.8 Å². The van der Waals surface area contributed by atoms with Crippen molar-refractivity contribution in [1.29, 1.82) is 0 Å². The summed E-state index contributed by atoms with van der Waals surface area (Å²) in [5.41, 5.74) is 1.72. The van der Waals surface area contributed by atoms with Crippen molar-refractivity contribution in [3.63, 3.8) is 0 Å². The van der Waals surface area contributed by atoms with Gasteiger partial charge in [-0.1, -0.05) is 23.2 Å². The van der Waals surface area contributed by atoms with Crippen LogP contribution in [0.5, 0.6) is 5.75 Å². The molecule has 2 aliphatic rings. The third kappa shape index (κ3) is 11.8. The Bertz CT molecular complexity index is 1660. The van der Waals surface area contributed by atoms with E-state index in [1.165, 1.54) is 18.2 Å². The van der Waals surface area contributed by atoms with E-state index in [4.69, 9.17) is 37.4 Å². The molecule has 0 saturated carbocycles. The number of rotatable bonds is 14. The smallest absolute Gasteiger partial charge is 0.471 e. The Hall–Kier alpha value is -2.86. The summed E-state index contributed by atoms with van der Waals surface area (Å²) in [6.45, 7) is 5.23. The molecule has 1 aliphatic heterocycles. The van der Waals surface area contributed by atoms with Crippen molar-refractivity contribution in [2.24, 2.45) is 0 Å². The summed E-state index contributed by atoms with van der Waals surface area (Å²) in [5.74, 6) is -2.12. The van der Waals surface area contributed by atoms with Gasteiger partial charge in [-0.2, -0.15) is 13.2 Å². The molecule has 12 nitrogen and oxygen atoms in total. The summed E-state index contributed by atoms with van der Waals surface area (Å²) in [5, 5.41) is 16.8. The Morgan fingerprint density at radius 2 is 1.67 bits per heavy atom. The van der Waals surface area contributed by atoms with Gasteiger partial charge in [-0.05, 0) is 87.9 Å². The minimum absolute atomic E-state index is 0.0183. The highest BCUT2D eigenvalue weighted by atomic mass is 35.5. The number of nitrogens with zero attached hydrogens (tertiary/aromatic N) is 1. The zero-order valence-corrected chi connectivity index (χ0v) is 30.8. The molecule has 2 aromatic carbocycles. The molecule has 4 N–H and O–H groups in total. The van der Waals surface area contributed by atoms with Gasteiger partial charge in [0.1, 0.15) is 11.4 Å². The molecule has 1 unspecified atom stereocenters. The first kappa shape index (κ1) is 40.9. The summed E-state index contributed by atoms with van der Waals surface area (Å²) >= 11 is 12.9. The topological polar surface area (TPSA) is 156 Å². The maximum Gasteiger partial charge on any atom is 0.471 e. The fraction of sp³-hybridized carbons (Fsp3) is 0.576. The Kier molecular flexibility index (Phi) is 13.9. The highest BCUT2D eigenvalue weighted by molar-refractivity contribution is 7.89. The fourth-order valence-electron chi connectivity index (χ4n) is 6.15. The van der Waals surface area contributed by atoms with Gasteiger partial charge in [-0.3, -0.25) is 9.69 Å². The lowest BCUT2D eigenvalue weighted by molar-refractivity contribution is -0.173. The fourth-order valence-corrected chi connectivity index (χ4v) is 7.81. The third-order valence-electron chi connectivity index (χ3n) is 8.33. The summed E-state index contributed by atoms with van der Waals surface area (Å²) in [7, 11) is -4.03. The van der Waals surface area contributed by atoms with Gasteiger partial charge in [-0.15, -0.1) is 0 Å². The van der Waals surface area contributed by atoms with E-state index >= 15 is 0 Å². The average Bonchev–Trinajstić information content (AvgIpc) is 3.45. The number of likely N-dealkylation sites (tertiary alicyclic amines) is 1. The van der Waals surface area contributed by atoms with Crippen molar-refractivity contribution in [3.8, 4) is 5.75 Å². The molecule has 18 heteroatoms. The maximum absolute atomic E-state index is 13.3. The molecule has 2 amide bonds. The van der Waals surface area contributed by atoms with Crippen molar-refractivity contribution < 1.29 is 50.5 Å². The number of carbonyl (C=O) groups excluding carboxylic acids is 2. The normalized spacial score (nSPS) is 19.8. The van der Waals surface area contributed by atoms with Crippen LogP contribution in [0.4, 0.5) is 18.0 Å². The Balaban J connectivity index is 1.38. The van der Waals surface area contributed by atoms with Crippen molar-refractivity contribution in [2.45, 2.75) is 81.3 Å². The number of phenols is 1. The Morgan fingerprint density at radius 1 is 0.980 bits per heavy atom. The van der Waals surface area contributed by atoms with Crippen LogP contribution >= 0.6 is 23.2 Å². The third-order valence-corrected chi connectivity index (χ3v) is 10.3. The standard InChI is InChI=1S/C33H43Cl2F3N4O8S/c1-32(2,3)50-31(45)41-22-4-6-28(42(19-22)23-15-20-14-21(34)16-27(35)25(20)17-23)26-18-24(5-7-29(26)43)51(46,47)40-9-11-49-13-12-48-10-8-39-30(44)33(36,37)38/h5,7,14,16,18,22-23,28,40,43H,4,6,8-13,15,17,19H2,1-3H3,(H,39,44)(H,41,45)/t22-,23-,28?/m1/s1. The molecular weight excluding hydrogens is 740 g/mol. The lowest BCUT2D eigenvalue weighted by Gasteiger charge is -2.43. The first-order chi connectivity index (χ1) is 23.8. The molecule has 2 aromatic rings. The summed E-state index contributed by atoms with van der Waals surface area (Å²) in [4.78, 5) is 25.5. The van der Waals surface area contributed by atoms with Crippen LogP contribution in [-0.4, -0.2) is 100 Å². The number of fused-ring (bicyclic) bond motifs is 1. The molecule has 4 rings (SSSR count). The maximum atomic E-state index is 13.3. The minimum Gasteiger partial charge on any atom is -0.508 e. The molecule has 1 fully saturated rings. The van der Waals surface area contributed by atoms with Crippen LogP contribution < -0.4 is 15.4 Å². The van der Waals surface area contributed by atoms with Crippen molar-refractivity contribution in [3.05, 3.63) is 57.1 Å². The van der Waals surface area contributed by atoms with Crippen LogP contribution in [0.1, 0.15) is 56.3 Å². The largest absolute Gasteiger partial charge is 0.508 e. The number of carbonyl (C=O) groups is 2. The average molecular weight is 784 g/mol. The summed E-state index contributed by atoms with van der Waals surface area (Å²) < 4.78 is 81.5. The molecule has 0 bridgehead atoms. The number of phenolic OH excluding ortho intramolecular Hbond substituents is 1. The summed E-state index contributed by atoms with van der Waals surface area (Å²) in [6, 6.07) is 6.95. The number of hydrogen-bond donors (Lipinski definition) is 4. The predicted octanol–water partition coefficient (Wildman–Crippen LogP) is 4.89. The van der Waals surface area contributed by atoms with Gasteiger partial charge in [0, 0.05) is 53.4 Å². The molecule has 1 saturated heterocycles. The van der Waals surface area contributed by atoms with Crippen LogP contribution in [0.25, 0.3) is 0 Å². The molecule has 3 atom stereocenters. The molecule has 0 radical (unpaired) electrons. The molecular formula is C33H43Cl2F3N4O8S. The number of piperidine rings is 1. The number of nitrogens with one attached hydrogen (secondary N) is 3. The van der Waals surface area contributed by atoms with Crippen LogP contribution in [0.3, 0.4) is 0 Å². The quantitative estimate of drug-likeness (QED) is 0.196. The highest BCUT2D eigenvalue weighted by Gasteiger charge is 2.40. The lowest BCUT2D eigenvalue weighted by Crippen LogP contribution is -2.53. The highest BCUT2D eigenvalue weighted by Crippen LogP contribution is 2.42. The van der Waals surface area contributed by atoms with Crippen molar-refractivity contribution in [1.82, 2.24) is 20.3 Å². The van der Waals surface area contributed by atoms with E-state index in [0.717, 1.165) is 11.1 Å². The SMILES string of the molecule is CC(C)(C)OC(=O)N[C@@H]1CCC(c2cc(S(=O)(=O)NCCOCCOCCNC(=O)C(F)(F)F)ccc2O)N([C@@H]2Cc3cc(Cl)cc(Cl)c3C2)C1. The molecule has 0 spiro atoms. The van der Waals surface area contributed by atoms with Gasteiger partial charge in [0.15, 0.2) is 0 Å². The monoisotopic (exact) mass is 782 g/mol. The van der Waals surface area contributed by atoms with Gasteiger partial charge < -0.3 is 30.0 Å². The van der Waals surface area contributed by atoms with E-state index in [1.54, 1.807) is 32.2 Å². The van der Waals surface area contributed by atoms with E-state index in [-0.39, 0.29) is 62.2 Å². The van der Waals surface area contributed by atoms with Gasteiger partial charge in [0.25, 0.3) is 0 Å². The number of halogens is 5. The van der Waals surface area contributed by atoms with E-state index in [0.29, 0.717) is 47.8 Å². The number of aromatic hydroxyl groups is 1. The van der Waals surface area contributed by atoms with E-state index in [2.05, 4.69) is 14.9 Å². The summed E-state index contributed by atoms with van der Waals surface area (Å²) in [6.07, 6.45) is -3.25. The van der Waals surface area contributed by atoms with Crippen LogP contribution in [-0.2, 0) is 41.9 Å². The molecule has 0 aromatic heterocycles. The van der Waals surface area contributed by atoms with Crippen LogP contribution in [0.15, 0.2) is 35.2 Å². The molecule has 284 valence electrons. The number of hydrogen-bond acceptors (Lipinski definition) is 9. The Morgan fingerprint density at radius 3 is 2.33 bits per heavy atom. The van der Waals surface area contributed by atoms with Crippen molar-refractivity contribution >= 4 is 45.2 Å². The van der Waals surface area contributed by atoms with Gasteiger partial charge in [-0.25, -0.2) is 17.9 Å². The first-order valence-electron chi connectivity index (χ1n) is 16.4. The van der Waals surface area contributed by atoms with Crippen LogP contribution in [0.2, 0.25) is 10.0 Å². The second kappa shape index (κ2) is 17.3. The number of ether oxygens (including phenoxy) is 3. The second-order valence-electron chi connectivity index (χ2n) is 13.3. The van der Waals surface area contributed by atoms with Crippen LogP contribution in [0, 0.1) is 0 Å². The molecule has 51 heavy (non-hydrogen) atoms. The Labute approximate surface area is 305 Å². The number of amides is 2. The van der Waals surface area contributed by atoms with Gasteiger partial charge in [0.05, 0.1) is 31.3 Å². The lowest BCUT2D eigenvalue weighted by atomic mass is 9.90. The molecule has 1 aliphatic carbocycles. The first-order valence-corrected chi connectivity index (χ1v) is 18.6. The number of sulfonamides is 1. The predicted molar refractivity (Wildman–Crippen MR) is 183 cm³/mol. The number of alkyl halides is 3. The van der Waals surface area contributed by atoms with E-state index in [9.17, 15) is 36.3 Å². The zero-order valence-electron chi connectivity index (χ0n) is 28.4. The van der Waals surface area contributed by atoms with Gasteiger partial charge in [0.2, 0.25) is 10.0 Å². The van der Waals surface area contributed by atoms with Gasteiger partial charge >= 0.3 is 18.2 Å². The molecule has 1 heterocycles. The van der Waals surface area contributed by atoms with Crippen molar-refractivity contribution in [2.75, 3.05) is 46.1 Å². The van der Waals surface area contributed by atoms with E-state index in [1.807, 2.05) is 6.07 Å².